The molecule has 0 saturated carbocycles. The van der Waals surface area contributed by atoms with Crippen molar-refractivity contribution in [3.8, 4) is 5.75 Å². The molecule has 25 heavy (non-hydrogen) atoms. The Balaban J connectivity index is 1.87. The molecule has 2 fully saturated rings. The van der Waals surface area contributed by atoms with Gasteiger partial charge in [0.1, 0.15) is 5.75 Å². The molecule has 2 aliphatic heterocycles. The number of aliphatic carboxylic acids is 1. The third kappa shape index (κ3) is 3.93. The van der Waals surface area contributed by atoms with Gasteiger partial charge < -0.3 is 19.5 Å². The lowest BCUT2D eigenvalue weighted by molar-refractivity contribution is -0.138. The highest BCUT2D eigenvalue weighted by atomic mass is 16.5. The molecule has 1 N–H and O–H groups in total. The average Bonchev–Trinajstić information content (AvgIpc) is 2.84. The smallest absolute Gasteiger partial charge is 0.317 e. The molecule has 1 aromatic carbocycles. The summed E-state index contributed by atoms with van der Waals surface area (Å²) in [6, 6.07) is 5.39. The van der Waals surface area contributed by atoms with E-state index in [1.54, 1.807) is 13.2 Å². The van der Waals surface area contributed by atoms with Crippen LogP contribution in [-0.2, 0) is 9.53 Å². The summed E-state index contributed by atoms with van der Waals surface area (Å²) in [5.41, 5.74) is 1.53. The molecule has 2 atom stereocenters. The van der Waals surface area contributed by atoms with Crippen LogP contribution in [0.1, 0.15) is 15.9 Å². The first-order chi connectivity index (χ1) is 12.0. The van der Waals surface area contributed by atoms with Crippen molar-refractivity contribution in [1.82, 2.24) is 9.80 Å². The first-order valence-corrected chi connectivity index (χ1v) is 8.45. The van der Waals surface area contributed by atoms with Crippen molar-refractivity contribution in [2.75, 3.05) is 46.5 Å². The number of carboxylic acid groups (broad SMARTS) is 1. The third-order valence-electron chi connectivity index (χ3n) is 4.75. The molecule has 2 heterocycles. The Morgan fingerprint density at radius 2 is 2.08 bits per heavy atom. The largest absolute Gasteiger partial charge is 0.496 e. The summed E-state index contributed by atoms with van der Waals surface area (Å²) in [6.07, 6.45) is 0. The molecule has 1 amide bonds. The van der Waals surface area contributed by atoms with E-state index in [4.69, 9.17) is 14.6 Å². The summed E-state index contributed by atoms with van der Waals surface area (Å²) >= 11 is 0. The molecule has 7 heteroatoms. The van der Waals surface area contributed by atoms with Gasteiger partial charge >= 0.3 is 5.97 Å². The number of aryl methyl sites for hydroxylation is 1. The summed E-state index contributed by atoms with van der Waals surface area (Å²) in [5, 5.41) is 9.10. The van der Waals surface area contributed by atoms with Crippen molar-refractivity contribution in [3.05, 3.63) is 29.3 Å². The van der Waals surface area contributed by atoms with Crippen molar-refractivity contribution in [2.24, 2.45) is 5.92 Å². The molecule has 0 aromatic heterocycles. The Kier molecular flexibility index (Phi) is 5.24. The van der Waals surface area contributed by atoms with Gasteiger partial charge in [0.2, 0.25) is 0 Å². The predicted octanol–water partition coefficient (Wildman–Crippen LogP) is 0.861. The summed E-state index contributed by atoms with van der Waals surface area (Å²) in [6.45, 7) is 4.59. The summed E-state index contributed by atoms with van der Waals surface area (Å²) in [7, 11) is 1.56. The fraction of sp³-hybridized carbons (Fsp3) is 0.556. The van der Waals surface area contributed by atoms with Gasteiger partial charge in [-0.05, 0) is 19.1 Å². The molecular formula is C18H24N2O5. The molecule has 3 rings (SSSR count). The third-order valence-corrected chi connectivity index (χ3v) is 4.75. The van der Waals surface area contributed by atoms with Crippen LogP contribution in [0, 0.1) is 12.8 Å². The molecule has 0 radical (unpaired) electrons. The minimum Gasteiger partial charge on any atom is -0.496 e. The Morgan fingerprint density at radius 1 is 1.28 bits per heavy atom. The topological polar surface area (TPSA) is 79.3 Å². The van der Waals surface area contributed by atoms with Crippen LogP contribution in [0.3, 0.4) is 0 Å². The maximum absolute atomic E-state index is 13.2. The fourth-order valence-electron chi connectivity index (χ4n) is 3.65. The van der Waals surface area contributed by atoms with E-state index in [9.17, 15) is 9.59 Å². The SMILES string of the molecule is COc1ccc(C)cc1C(=O)N1C[C@H]2COC[C@@H]1CN(CC(=O)O)C2. The van der Waals surface area contributed by atoms with Crippen molar-refractivity contribution >= 4 is 11.9 Å². The van der Waals surface area contributed by atoms with E-state index < -0.39 is 5.97 Å². The lowest BCUT2D eigenvalue weighted by Crippen LogP contribution is -2.47. The molecule has 0 spiro atoms. The zero-order chi connectivity index (χ0) is 18.0. The number of amides is 1. The van der Waals surface area contributed by atoms with E-state index in [0.717, 1.165) is 5.56 Å². The molecular weight excluding hydrogens is 324 g/mol. The number of ether oxygens (including phenoxy) is 2. The monoisotopic (exact) mass is 348 g/mol. The summed E-state index contributed by atoms with van der Waals surface area (Å²) in [5.74, 6) is -0.276. The number of carbonyl (C=O) groups is 2. The molecule has 0 unspecified atom stereocenters. The Hall–Kier alpha value is -2.12. The standard InChI is InChI=1S/C18H24N2O5/c1-12-3-4-16(24-2)15(5-12)18(23)20-7-13-6-19(9-17(21)22)8-14(20)11-25-10-13/h3-5,13-14H,6-11H2,1-2H3,(H,21,22)/t13-,14-/m0/s1. The first-order valence-electron chi connectivity index (χ1n) is 8.45. The second-order valence-corrected chi connectivity index (χ2v) is 6.81. The van der Waals surface area contributed by atoms with E-state index >= 15 is 0 Å². The Labute approximate surface area is 147 Å². The number of nitrogens with zero attached hydrogens (tertiary/aromatic N) is 2. The van der Waals surface area contributed by atoms with E-state index in [1.807, 2.05) is 28.9 Å². The normalized spacial score (nSPS) is 23.8. The van der Waals surface area contributed by atoms with Crippen LogP contribution in [0.2, 0.25) is 0 Å². The van der Waals surface area contributed by atoms with Gasteiger partial charge in [0.05, 0.1) is 38.5 Å². The van der Waals surface area contributed by atoms with Crippen LogP contribution in [0.4, 0.5) is 0 Å². The van der Waals surface area contributed by atoms with Crippen LogP contribution in [0.5, 0.6) is 5.75 Å². The lowest BCUT2D eigenvalue weighted by atomic mass is 10.1. The zero-order valence-electron chi connectivity index (χ0n) is 14.6. The highest BCUT2D eigenvalue weighted by Crippen LogP contribution is 2.26. The number of fused-ring (bicyclic) bond motifs is 3. The summed E-state index contributed by atoms with van der Waals surface area (Å²) < 4.78 is 11.1. The number of carboxylic acids is 1. The molecule has 2 aliphatic rings. The van der Waals surface area contributed by atoms with Crippen molar-refractivity contribution in [2.45, 2.75) is 13.0 Å². The zero-order valence-corrected chi connectivity index (χ0v) is 14.6. The second-order valence-electron chi connectivity index (χ2n) is 6.81. The lowest BCUT2D eigenvalue weighted by Gasteiger charge is -2.31. The predicted molar refractivity (Wildman–Crippen MR) is 90.9 cm³/mol. The maximum Gasteiger partial charge on any atom is 0.317 e. The molecule has 1 aromatic rings. The van der Waals surface area contributed by atoms with Gasteiger partial charge in [0.25, 0.3) is 5.91 Å². The Morgan fingerprint density at radius 3 is 2.80 bits per heavy atom. The number of hydrogen-bond acceptors (Lipinski definition) is 5. The minimum atomic E-state index is -0.848. The van der Waals surface area contributed by atoms with E-state index in [-0.39, 0.29) is 24.4 Å². The maximum atomic E-state index is 13.2. The Bertz CT molecular complexity index is 663. The van der Waals surface area contributed by atoms with Crippen molar-refractivity contribution in [3.63, 3.8) is 0 Å². The van der Waals surface area contributed by atoms with Crippen LogP contribution >= 0.6 is 0 Å². The van der Waals surface area contributed by atoms with Crippen LogP contribution in [0.15, 0.2) is 18.2 Å². The first kappa shape index (κ1) is 17.7. The second kappa shape index (κ2) is 7.41. The van der Waals surface area contributed by atoms with Gasteiger partial charge in [0.15, 0.2) is 0 Å². The summed E-state index contributed by atoms with van der Waals surface area (Å²) in [4.78, 5) is 28.0. The van der Waals surface area contributed by atoms with Crippen molar-refractivity contribution < 1.29 is 24.2 Å². The van der Waals surface area contributed by atoms with E-state index in [1.165, 1.54) is 0 Å². The van der Waals surface area contributed by atoms with Gasteiger partial charge in [-0.2, -0.15) is 0 Å². The van der Waals surface area contributed by atoms with Gasteiger partial charge in [-0.25, -0.2) is 0 Å². The van der Waals surface area contributed by atoms with Crippen LogP contribution in [-0.4, -0.2) is 79.3 Å². The minimum absolute atomic E-state index is 0.0111. The number of methoxy groups -OCH3 is 1. The van der Waals surface area contributed by atoms with E-state index in [2.05, 4.69) is 0 Å². The van der Waals surface area contributed by atoms with Crippen LogP contribution < -0.4 is 4.74 Å². The van der Waals surface area contributed by atoms with Gasteiger partial charge in [-0.1, -0.05) is 11.6 Å². The molecule has 2 saturated heterocycles. The van der Waals surface area contributed by atoms with E-state index in [0.29, 0.717) is 44.2 Å². The van der Waals surface area contributed by atoms with Gasteiger partial charge in [0, 0.05) is 25.6 Å². The molecule has 7 nitrogen and oxygen atoms in total. The quantitative estimate of drug-likeness (QED) is 0.869. The van der Waals surface area contributed by atoms with Crippen molar-refractivity contribution in [1.29, 1.82) is 0 Å². The fourth-order valence-corrected chi connectivity index (χ4v) is 3.65. The highest BCUT2D eigenvalue weighted by molar-refractivity contribution is 5.97. The number of hydrogen-bond donors (Lipinski definition) is 1. The van der Waals surface area contributed by atoms with Gasteiger partial charge in [-0.15, -0.1) is 0 Å². The highest BCUT2D eigenvalue weighted by Gasteiger charge is 2.37. The average molecular weight is 348 g/mol. The van der Waals surface area contributed by atoms with Gasteiger partial charge in [-0.3, -0.25) is 14.5 Å². The molecule has 136 valence electrons. The molecule has 2 bridgehead atoms. The van der Waals surface area contributed by atoms with Crippen LogP contribution in [0.25, 0.3) is 0 Å². The number of benzene rings is 1. The molecule has 0 aliphatic carbocycles. The number of carbonyl (C=O) groups excluding carboxylic acids is 1. The number of rotatable bonds is 4.